The third-order valence-corrected chi connectivity index (χ3v) is 2.77. The van der Waals surface area contributed by atoms with E-state index in [1.165, 1.54) is 17.1 Å². The van der Waals surface area contributed by atoms with Crippen LogP contribution < -0.4 is 5.32 Å². The third-order valence-electron chi connectivity index (χ3n) is 2.77. The maximum atomic E-state index is 11.3. The fraction of sp³-hybridized carbons (Fsp3) is 0.538. The molecule has 1 N–H and O–H groups in total. The lowest BCUT2D eigenvalue weighted by atomic mass is 10.2. The summed E-state index contributed by atoms with van der Waals surface area (Å²) in [5.41, 5.74) is 0. The number of amides is 3. The first kappa shape index (κ1) is 15.1. The fourth-order valence-electron chi connectivity index (χ4n) is 1.74. The minimum atomic E-state index is -0.267. The predicted octanol–water partition coefficient (Wildman–Crippen LogP) is 0.177. The second-order valence-electron chi connectivity index (χ2n) is 4.28. The molecule has 0 aliphatic carbocycles. The van der Waals surface area contributed by atoms with Crippen molar-refractivity contribution in [3.8, 4) is 0 Å². The summed E-state index contributed by atoms with van der Waals surface area (Å²) in [5, 5.41) is 2.63. The molecule has 3 amide bonds. The van der Waals surface area contributed by atoms with Gasteiger partial charge in [0.25, 0.3) is 11.8 Å². The maximum absolute atomic E-state index is 11.3. The lowest BCUT2D eigenvalue weighted by Gasteiger charge is -2.12. The zero-order valence-corrected chi connectivity index (χ0v) is 10.8. The van der Waals surface area contributed by atoms with Crippen molar-refractivity contribution in [1.29, 1.82) is 0 Å². The summed E-state index contributed by atoms with van der Waals surface area (Å²) in [6.07, 6.45) is 6.20. The summed E-state index contributed by atoms with van der Waals surface area (Å²) in [6.45, 7) is 0.780. The highest BCUT2D eigenvalue weighted by molar-refractivity contribution is 6.12. The number of nitrogens with zero attached hydrogens (tertiary/aromatic N) is 1. The Morgan fingerprint density at radius 3 is 2.47 bits per heavy atom. The molecule has 1 rings (SSSR count). The largest absolute Gasteiger partial charge is 0.356 e. The summed E-state index contributed by atoms with van der Waals surface area (Å²) >= 11 is 0. The Hall–Kier alpha value is -1.98. The fourth-order valence-corrected chi connectivity index (χ4v) is 1.74. The summed E-state index contributed by atoms with van der Waals surface area (Å²) in [7, 11) is 0. The standard InChI is InChI=1S/C13H18N2O4/c16-10-4-8-14-11(17)5-2-1-3-9-15-12(18)6-7-13(15)19/h6-7,10H,1-5,8-9H2,(H,14,17). The third kappa shape index (κ3) is 5.46. The average molecular weight is 266 g/mol. The number of rotatable bonds is 9. The number of hydrogen-bond acceptors (Lipinski definition) is 4. The van der Waals surface area contributed by atoms with Gasteiger partial charge in [0, 0.05) is 38.1 Å². The molecule has 6 heteroatoms. The number of nitrogens with one attached hydrogen (secondary N) is 1. The van der Waals surface area contributed by atoms with Gasteiger partial charge in [-0.2, -0.15) is 0 Å². The molecule has 19 heavy (non-hydrogen) atoms. The highest BCUT2D eigenvalue weighted by atomic mass is 16.2. The van der Waals surface area contributed by atoms with Gasteiger partial charge in [-0.3, -0.25) is 19.3 Å². The Kier molecular flexibility index (Phi) is 6.49. The lowest BCUT2D eigenvalue weighted by molar-refractivity contribution is -0.137. The molecule has 0 spiro atoms. The number of carbonyl (C=O) groups is 4. The van der Waals surface area contributed by atoms with Gasteiger partial charge in [-0.25, -0.2) is 0 Å². The number of unbranched alkanes of at least 4 members (excludes halogenated alkanes) is 2. The molecule has 1 aliphatic rings. The van der Waals surface area contributed by atoms with Crippen LogP contribution in [0.2, 0.25) is 0 Å². The van der Waals surface area contributed by atoms with Crippen molar-refractivity contribution in [2.75, 3.05) is 13.1 Å². The normalized spacial score (nSPS) is 14.0. The number of imide groups is 1. The first-order chi connectivity index (χ1) is 9.15. The molecule has 1 heterocycles. The number of carbonyl (C=O) groups excluding carboxylic acids is 4. The highest BCUT2D eigenvalue weighted by Gasteiger charge is 2.22. The van der Waals surface area contributed by atoms with Crippen molar-refractivity contribution < 1.29 is 19.2 Å². The second kappa shape index (κ2) is 8.18. The quantitative estimate of drug-likeness (QED) is 0.366. The Balaban J connectivity index is 2.02. The van der Waals surface area contributed by atoms with Gasteiger partial charge in [0.1, 0.15) is 6.29 Å². The smallest absolute Gasteiger partial charge is 0.253 e. The summed E-state index contributed by atoms with van der Waals surface area (Å²) in [5.74, 6) is -0.606. The lowest BCUT2D eigenvalue weighted by Crippen LogP contribution is -2.30. The van der Waals surface area contributed by atoms with Crippen molar-refractivity contribution in [1.82, 2.24) is 10.2 Å². The zero-order chi connectivity index (χ0) is 14.1. The van der Waals surface area contributed by atoms with Crippen LogP contribution in [0.15, 0.2) is 12.2 Å². The van der Waals surface area contributed by atoms with Gasteiger partial charge in [0.05, 0.1) is 0 Å². The van der Waals surface area contributed by atoms with E-state index >= 15 is 0 Å². The van der Waals surface area contributed by atoms with Crippen molar-refractivity contribution in [2.45, 2.75) is 32.1 Å². The van der Waals surface area contributed by atoms with Gasteiger partial charge < -0.3 is 10.1 Å². The molecular formula is C13H18N2O4. The Morgan fingerprint density at radius 1 is 1.16 bits per heavy atom. The van der Waals surface area contributed by atoms with Crippen molar-refractivity contribution in [2.24, 2.45) is 0 Å². The average Bonchev–Trinajstić information content (AvgIpc) is 2.70. The molecule has 6 nitrogen and oxygen atoms in total. The maximum Gasteiger partial charge on any atom is 0.253 e. The van der Waals surface area contributed by atoms with Gasteiger partial charge in [0.15, 0.2) is 0 Å². The Labute approximate surface area is 111 Å². The van der Waals surface area contributed by atoms with E-state index in [9.17, 15) is 19.2 Å². The number of hydrogen-bond donors (Lipinski definition) is 1. The molecular weight excluding hydrogens is 248 g/mol. The van der Waals surface area contributed by atoms with E-state index in [2.05, 4.69) is 5.32 Å². The molecule has 1 aliphatic heterocycles. The van der Waals surface area contributed by atoms with E-state index in [0.717, 1.165) is 12.7 Å². The van der Waals surface area contributed by atoms with E-state index in [4.69, 9.17) is 0 Å². The van der Waals surface area contributed by atoms with E-state index < -0.39 is 0 Å². The van der Waals surface area contributed by atoms with Crippen LogP contribution in [-0.2, 0) is 19.2 Å². The second-order valence-corrected chi connectivity index (χ2v) is 4.28. The molecule has 0 aromatic rings. The molecule has 0 fully saturated rings. The van der Waals surface area contributed by atoms with Gasteiger partial charge in [-0.15, -0.1) is 0 Å². The first-order valence-electron chi connectivity index (χ1n) is 6.39. The predicted molar refractivity (Wildman–Crippen MR) is 68.0 cm³/mol. The monoisotopic (exact) mass is 266 g/mol. The Morgan fingerprint density at radius 2 is 1.84 bits per heavy atom. The van der Waals surface area contributed by atoms with E-state index in [0.29, 0.717) is 38.8 Å². The number of aldehydes is 1. The van der Waals surface area contributed by atoms with E-state index in [-0.39, 0.29) is 17.7 Å². The van der Waals surface area contributed by atoms with E-state index in [1.54, 1.807) is 0 Å². The Bertz CT molecular complexity index is 372. The molecule has 0 bridgehead atoms. The summed E-state index contributed by atoms with van der Waals surface area (Å²) in [4.78, 5) is 45.0. The van der Waals surface area contributed by atoms with Crippen molar-refractivity contribution in [3.63, 3.8) is 0 Å². The SMILES string of the molecule is O=CCCNC(=O)CCCCCN1C(=O)C=CC1=O. The minimum absolute atomic E-state index is 0.0724. The van der Waals surface area contributed by atoms with Crippen LogP contribution in [0.4, 0.5) is 0 Å². The molecule has 0 aromatic carbocycles. The highest BCUT2D eigenvalue weighted by Crippen LogP contribution is 2.07. The van der Waals surface area contributed by atoms with Crippen molar-refractivity contribution >= 4 is 24.0 Å². The van der Waals surface area contributed by atoms with Crippen molar-refractivity contribution in [3.05, 3.63) is 12.2 Å². The first-order valence-corrected chi connectivity index (χ1v) is 6.39. The molecule has 104 valence electrons. The molecule has 0 radical (unpaired) electrons. The van der Waals surface area contributed by atoms with Crippen LogP contribution in [0.5, 0.6) is 0 Å². The topological polar surface area (TPSA) is 83.6 Å². The zero-order valence-electron chi connectivity index (χ0n) is 10.8. The van der Waals surface area contributed by atoms with E-state index in [1.807, 2.05) is 0 Å². The minimum Gasteiger partial charge on any atom is -0.356 e. The van der Waals surface area contributed by atoms with Crippen LogP contribution >= 0.6 is 0 Å². The summed E-state index contributed by atoms with van der Waals surface area (Å²) < 4.78 is 0. The van der Waals surface area contributed by atoms with Crippen LogP contribution in [0.3, 0.4) is 0 Å². The molecule has 0 saturated carbocycles. The van der Waals surface area contributed by atoms with Gasteiger partial charge in [0.2, 0.25) is 5.91 Å². The molecule has 0 unspecified atom stereocenters. The van der Waals surface area contributed by atoms with Crippen LogP contribution in [0.1, 0.15) is 32.1 Å². The molecule has 0 aromatic heterocycles. The van der Waals surface area contributed by atoms with Gasteiger partial charge >= 0.3 is 0 Å². The van der Waals surface area contributed by atoms with Gasteiger partial charge in [-0.1, -0.05) is 6.42 Å². The summed E-state index contributed by atoms with van der Waals surface area (Å²) in [6, 6.07) is 0. The van der Waals surface area contributed by atoms with Crippen LogP contribution in [0.25, 0.3) is 0 Å². The van der Waals surface area contributed by atoms with Crippen LogP contribution in [-0.4, -0.2) is 42.0 Å². The molecule has 0 saturated heterocycles. The van der Waals surface area contributed by atoms with Gasteiger partial charge in [-0.05, 0) is 12.8 Å². The molecule has 0 atom stereocenters. The van der Waals surface area contributed by atoms with Crippen LogP contribution in [0, 0.1) is 0 Å².